The molecule has 0 saturated carbocycles. The van der Waals surface area contributed by atoms with Crippen molar-refractivity contribution in [3.05, 3.63) is 0 Å². The second kappa shape index (κ2) is 3.67. The molecule has 4 nitrogen and oxygen atoms in total. The molecule has 4 heteroatoms. The average Bonchev–Trinajstić information content (AvgIpc) is 3.02. The highest BCUT2D eigenvalue weighted by Crippen LogP contribution is 2.35. The molecule has 2 heterocycles. The maximum atomic E-state index is 3.46. The number of hydrazine groups is 2. The molecule has 2 aliphatic rings. The van der Waals surface area contributed by atoms with Crippen LogP contribution in [0.15, 0.2) is 0 Å². The summed E-state index contributed by atoms with van der Waals surface area (Å²) in [6, 6.07) is 0. The van der Waals surface area contributed by atoms with Crippen LogP contribution in [0.1, 0.15) is 41.5 Å². The maximum absolute atomic E-state index is 3.46. The molecule has 16 heavy (non-hydrogen) atoms. The third-order valence-electron chi connectivity index (χ3n) is 4.54. The zero-order chi connectivity index (χ0) is 12.1. The third kappa shape index (κ3) is 1.88. The first-order valence-electron chi connectivity index (χ1n) is 6.41. The van der Waals surface area contributed by atoms with Crippen molar-refractivity contribution in [3.8, 4) is 0 Å². The Hall–Kier alpha value is -0.160. The van der Waals surface area contributed by atoms with Gasteiger partial charge >= 0.3 is 0 Å². The number of hydrogen-bond acceptors (Lipinski definition) is 4. The summed E-state index contributed by atoms with van der Waals surface area (Å²) in [6.07, 6.45) is 0. The first kappa shape index (κ1) is 12.3. The molecule has 0 aromatic heterocycles. The molecule has 2 aliphatic heterocycles. The van der Waals surface area contributed by atoms with E-state index in [9.17, 15) is 0 Å². The van der Waals surface area contributed by atoms with Crippen LogP contribution in [-0.2, 0) is 0 Å². The third-order valence-corrected chi connectivity index (χ3v) is 4.54. The molecule has 2 rings (SSSR count). The zero-order valence-corrected chi connectivity index (χ0v) is 11.5. The number of rotatable bonds is 5. The van der Waals surface area contributed by atoms with Gasteiger partial charge < -0.3 is 0 Å². The molecule has 0 amide bonds. The van der Waals surface area contributed by atoms with Crippen LogP contribution < -0.4 is 10.9 Å². The lowest BCUT2D eigenvalue weighted by atomic mass is 10.0. The maximum Gasteiger partial charge on any atom is 0.0969 e. The van der Waals surface area contributed by atoms with E-state index in [-0.39, 0.29) is 11.3 Å². The second-order valence-corrected chi connectivity index (χ2v) is 6.13. The van der Waals surface area contributed by atoms with Crippen LogP contribution in [0.25, 0.3) is 0 Å². The standard InChI is InChI=1S/C12H26N4/c1-9(2)11(5)13-15(11)7-8-16-12(6,14-16)10(3)4/h9-10,13-14H,7-8H2,1-6H3. The molecular formula is C12H26N4. The summed E-state index contributed by atoms with van der Waals surface area (Å²) in [5.74, 6) is 1.32. The van der Waals surface area contributed by atoms with E-state index >= 15 is 0 Å². The van der Waals surface area contributed by atoms with E-state index in [4.69, 9.17) is 0 Å². The van der Waals surface area contributed by atoms with Crippen molar-refractivity contribution in [2.24, 2.45) is 11.8 Å². The van der Waals surface area contributed by atoms with Crippen LogP contribution >= 0.6 is 0 Å². The molecule has 0 spiro atoms. The fourth-order valence-corrected chi connectivity index (χ4v) is 2.15. The Labute approximate surface area is 99.3 Å². The van der Waals surface area contributed by atoms with Crippen LogP contribution in [0.5, 0.6) is 0 Å². The Morgan fingerprint density at radius 1 is 0.812 bits per heavy atom. The van der Waals surface area contributed by atoms with Crippen molar-refractivity contribution in [3.63, 3.8) is 0 Å². The molecule has 4 atom stereocenters. The van der Waals surface area contributed by atoms with Gasteiger partial charge in [0.15, 0.2) is 0 Å². The molecule has 0 bridgehead atoms. The van der Waals surface area contributed by atoms with Gasteiger partial charge in [-0.25, -0.2) is 20.9 Å². The van der Waals surface area contributed by atoms with Gasteiger partial charge in [-0.3, -0.25) is 0 Å². The Balaban J connectivity index is 1.72. The first-order chi connectivity index (χ1) is 7.30. The van der Waals surface area contributed by atoms with Gasteiger partial charge in [0.05, 0.1) is 11.3 Å². The van der Waals surface area contributed by atoms with Gasteiger partial charge in [-0.15, -0.1) is 0 Å². The zero-order valence-electron chi connectivity index (χ0n) is 11.5. The average molecular weight is 226 g/mol. The molecule has 94 valence electrons. The van der Waals surface area contributed by atoms with E-state index < -0.39 is 0 Å². The Kier molecular flexibility index (Phi) is 2.82. The number of hydrogen-bond donors (Lipinski definition) is 2. The molecular weight excluding hydrogens is 200 g/mol. The second-order valence-electron chi connectivity index (χ2n) is 6.13. The predicted molar refractivity (Wildman–Crippen MR) is 66.2 cm³/mol. The van der Waals surface area contributed by atoms with Crippen molar-refractivity contribution >= 4 is 0 Å². The van der Waals surface area contributed by atoms with Crippen molar-refractivity contribution in [2.75, 3.05) is 13.1 Å². The van der Waals surface area contributed by atoms with E-state index in [1.165, 1.54) is 0 Å². The molecule has 2 fully saturated rings. The van der Waals surface area contributed by atoms with Gasteiger partial charge in [0.1, 0.15) is 0 Å². The van der Waals surface area contributed by atoms with E-state index in [1.807, 2.05) is 0 Å². The van der Waals surface area contributed by atoms with E-state index in [0.717, 1.165) is 13.1 Å². The molecule has 0 aromatic carbocycles. The summed E-state index contributed by atoms with van der Waals surface area (Å²) in [4.78, 5) is 0. The highest BCUT2D eigenvalue weighted by molar-refractivity contribution is 5.00. The smallest absolute Gasteiger partial charge is 0.0969 e. The monoisotopic (exact) mass is 226 g/mol. The van der Waals surface area contributed by atoms with Gasteiger partial charge in [-0.2, -0.15) is 0 Å². The quantitative estimate of drug-likeness (QED) is 0.695. The molecule has 0 aromatic rings. The molecule has 4 unspecified atom stereocenters. The van der Waals surface area contributed by atoms with Gasteiger partial charge in [-0.1, -0.05) is 27.7 Å². The Bertz CT molecular complexity index is 250. The van der Waals surface area contributed by atoms with Gasteiger partial charge in [0, 0.05) is 13.1 Å². The molecule has 0 aliphatic carbocycles. The summed E-state index contributed by atoms with van der Waals surface area (Å²) in [5.41, 5.74) is 7.38. The summed E-state index contributed by atoms with van der Waals surface area (Å²) >= 11 is 0. The Morgan fingerprint density at radius 2 is 1.12 bits per heavy atom. The lowest BCUT2D eigenvalue weighted by Gasteiger charge is -2.15. The van der Waals surface area contributed by atoms with Crippen LogP contribution in [0.4, 0.5) is 0 Å². The summed E-state index contributed by atoms with van der Waals surface area (Å²) in [6.45, 7) is 15.8. The molecule has 2 N–H and O–H groups in total. The van der Waals surface area contributed by atoms with Crippen molar-refractivity contribution < 1.29 is 0 Å². The van der Waals surface area contributed by atoms with E-state index in [1.54, 1.807) is 0 Å². The van der Waals surface area contributed by atoms with Crippen LogP contribution in [0.3, 0.4) is 0 Å². The number of nitrogens with zero attached hydrogens (tertiary/aromatic N) is 2. The Morgan fingerprint density at radius 3 is 1.31 bits per heavy atom. The lowest BCUT2D eigenvalue weighted by Crippen LogP contribution is -2.28. The van der Waals surface area contributed by atoms with Crippen molar-refractivity contribution in [1.82, 2.24) is 20.9 Å². The minimum Gasteiger partial charge on any atom is -0.232 e. The topological polar surface area (TPSA) is 49.9 Å². The minimum atomic E-state index is 0.226. The summed E-state index contributed by atoms with van der Waals surface area (Å²) in [5, 5.41) is 4.69. The van der Waals surface area contributed by atoms with Gasteiger partial charge in [-0.05, 0) is 25.7 Å². The SMILES string of the molecule is CC(C)C1(C)NN1CCN1NC1(C)C(C)C. The van der Waals surface area contributed by atoms with Crippen molar-refractivity contribution in [2.45, 2.75) is 52.9 Å². The number of nitrogens with one attached hydrogen (secondary N) is 2. The van der Waals surface area contributed by atoms with Crippen molar-refractivity contribution in [1.29, 1.82) is 0 Å². The van der Waals surface area contributed by atoms with Gasteiger partial charge in [0.2, 0.25) is 0 Å². The predicted octanol–water partition coefficient (Wildman–Crippen LogP) is 1.37. The largest absolute Gasteiger partial charge is 0.232 e. The lowest BCUT2D eigenvalue weighted by molar-refractivity contribution is 0.290. The molecule has 2 saturated heterocycles. The minimum absolute atomic E-state index is 0.226. The first-order valence-corrected chi connectivity index (χ1v) is 6.41. The summed E-state index contributed by atoms with van der Waals surface area (Å²) in [7, 11) is 0. The van der Waals surface area contributed by atoms with E-state index in [0.29, 0.717) is 11.8 Å². The van der Waals surface area contributed by atoms with Crippen LogP contribution in [-0.4, -0.2) is 34.4 Å². The normalized spacial score (nSPS) is 46.5. The fourth-order valence-electron chi connectivity index (χ4n) is 2.15. The highest BCUT2D eigenvalue weighted by Gasteiger charge is 2.53. The fraction of sp³-hybridized carbons (Fsp3) is 1.00. The van der Waals surface area contributed by atoms with E-state index in [2.05, 4.69) is 62.4 Å². The van der Waals surface area contributed by atoms with Crippen LogP contribution in [0, 0.1) is 11.8 Å². The molecule has 0 radical (unpaired) electrons. The van der Waals surface area contributed by atoms with Crippen LogP contribution in [0.2, 0.25) is 0 Å². The van der Waals surface area contributed by atoms with Gasteiger partial charge in [0.25, 0.3) is 0 Å². The summed E-state index contributed by atoms with van der Waals surface area (Å²) < 4.78 is 0. The highest BCUT2D eigenvalue weighted by atomic mass is 15.8.